The molecule has 0 unspecified atom stereocenters. The van der Waals surface area contributed by atoms with E-state index >= 15 is 0 Å². The van der Waals surface area contributed by atoms with Gasteiger partial charge in [0.05, 0.1) is 34.4 Å². The van der Waals surface area contributed by atoms with Crippen molar-refractivity contribution in [2.75, 3.05) is 27.9 Å². The van der Waals surface area contributed by atoms with E-state index in [0.29, 0.717) is 17.2 Å². The third-order valence-corrected chi connectivity index (χ3v) is 2.16. The van der Waals surface area contributed by atoms with Crippen LogP contribution in [-0.4, -0.2) is 33.9 Å². The minimum atomic E-state index is -0.320. The van der Waals surface area contributed by atoms with Gasteiger partial charge >= 0.3 is 5.97 Å². The van der Waals surface area contributed by atoms with Crippen molar-refractivity contribution in [3.8, 4) is 17.2 Å². The molecule has 0 bridgehead atoms. The van der Waals surface area contributed by atoms with Crippen molar-refractivity contribution < 1.29 is 23.7 Å². The predicted octanol–water partition coefficient (Wildman–Crippen LogP) is 1.65. The van der Waals surface area contributed by atoms with Gasteiger partial charge < -0.3 is 18.9 Å². The Kier molecular flexibility index (Phi) is 5.13. The van der Waals surface area contributed by atoms with E-state index < -0.39 is 0 Å². The molecule has 0 amide bonds. The van der Waals surface area contributed by atoms with Crippen LogP contribution in [0.3, 0.4) is 0 Å². The highest BCUT2D eigenvalue weighted by atomic mass is 16.5. The molecule has 0 saturated carbocycles. The molecular weight excluding hydrogens is 224 g/mol. The summed E-state index contributed by atoms with van der Waals surface area (Å²) in [7, 11) is 4.43. The first kappa shape index (κ1) is 13.2. The van der Waals surface area contributed by atoms with Gasteiger partial charge in [0.1, 0.15) is 0 Å². The van der Waals surface area contributed by atoms with Crippen LogP contribution in [0.1, 0.15) is 6.42 Å². The largest absolute Gasteiger partial charge is 0.493 e. The fourth-order valence-electron chi connectivity index (χ4n) is 1.30. The molecule has 0 N–H and O–H groups in total. The predicted molar refractivity (Wildman–Crippen MR) is 61.7 cm³/mol. The maximum atomic E-state index is 10.9. The molecule has 5 nitrogen and oxygen atoms in total. The van der Waals surface area contributed by atoms with Gasteiger partial charge in [-0.25, -0.2) is 0 Å². The lowest BCUT2D eigenvalue weighted by Crippen LogP contribution is -2.08. The minimum absolute atomic E-state index is 0.178. The summed E-state index contributed by atoms with van der Waals surface area (Å²) in [6.07, 6.45) is 0.178. The number of para-hydroxylation sites is 1. The Balaban J connectivity index is 2.71. The average molecular weight is 240 g/mol. The number of methoxy groups -OCH3 is 3. The SMILES string of the molecule is COC(=O)CCOc1c(OC)cccc1OC. The maximum absolute atomic E-state index is 10.9. The van der Waals surface area contributed by atoms with Crippen LogP contribution >= 0.6 is 0 Å². The number of carbonyl (C=O) groups excluding carboxylic acids is 1. The summed E-state index contributed by atoms with van der Waals surface area (Å²) in [4.78, 5) is 10.9. The molecule has 0 aliphatic rings. The van der Waals surface area contributed by atoms with E-state index in [9.17, 15) is 4.79 Å². The molecule has 0 fully saturated rings. The fraction of sp³-hybridized carbons (Fsp3) is 0.417. The van der Waals surface area contributed by atoms with Crippen LogP contribution in [0.15, 0.2) is 18.2 Å². The lowest BCUT2D eigenvalue weighted by atomic mass is 10.3. The second-order valence-corrected chi connectivity index (χ2v) is 3.17. The zero-order valence-electron chi connectivity index (χ0n) is 10.2. The fourth-order valence-corrected chi connectivity index (χ4v) is 1.30. The van der Waals surface area contributed by atoms with Crippen molar-refractivity contribution in [3.05, 3.63) is 18.2 Å². The van der Waals surface area contributed by atoms with Crippen molar-refractivity contribution in [1.82, 2.24) is 0 Å². The summed E-state index contributed by atoms with van der Waals surface area (Å²) in [5.41, 5.74) is 0. The number of carbonyl (C=O) groups is 1. The highest BCUT2D eigenvalue weighted by Gasteiger charge is 2.11. The van der Waals surface area contributed by atoms with Crippen molar-refractivity contribution in [2.24, 2.45) is 0 Å². The van der Waals surface area contributed by atoms with Gasteiger partial charge in [-0.05, 0) is 12.1 Å². The summed E-state index contributed by atoms with van der Waals surface area (Å²) in [5.74, 6) is 1.30. The molecule has 0 aliphatic heterocycles. The molecule has 1 aromatic carbocycles. The molecule has 0 radical (unpaired) electrons. The van der Waals surface area contributed by atoms with Gasteiger partial charge in [0, 0.05) is 0 Å². The molecule has 0 spiro atoms. The third kappa shape index (κ3) is 3.55. The summed E-state index contributed by atoms with van der Waals surface area (Å²) in [6.45, 7) is 0.212. The number of hydrogen-bond acceptors (Lipinski definition) is 5. The first-order valence-corrected chi connectivity index (χ1v) is 5.13. The first-order chi connectivity index (χ1) is 8.22. The maximum Gasteiger partial charge on any atom is 0.308 e. The monoisotopic (exact) mass is 240 g/mol. The molecule has 1 rings (SSSR count). The van der Waals surface area contributed by atoms with E-state index in [4.69, 9.17) is 14.2 Å². The van der Waals surface area contributed by atoms with E-state index in [-0.39, 0.29) is 19.0 Å². The van der Waals surface area contributed by atoms with Gasteiger partial charge in [0.15, 0.2) is 11.5 Å². The second-order valence-electron chi connectivity index (χ2n) is 3.17. The molecule has 0 heterocycles. The zero-order chi connectivity index (χ0) is 12.7. The van der Waals surface area contributed by atoms with Crippen LogP contribution in [0, 0.1) is 0 Å². The standard InChI is InChI=1S/C12H16O5/c1-14-9-5-4-6-10(15-2)12(9)17-8-7-11(13)16-3/h4-6H,7-8H2,1-3H3. The van der Waals surface area contributed by atoms with Crippen LogP contribution in [0.4, 0.5) is 0 Å². The summed E-state index contributed by atoms with van der Waals surface area (Å²) in [6, 6.07) is 5.32. The number of hydrogen-bond donors (Lipinski definition) is 0. The molecule has 17 heavy (non-hydrogen) atoms. The number of benzene rings is 1. The molecular formula is C12H16O5. The van der Waals surface area contributed by atoms with Gasteiger partial charge in [-0.2, -0.15) is 0 Å². The summed E-state index contributed by atoms with van der Waals surface area (Å²) >= 11 is 0. The molecule has 5 heteroatoms. The second kappa shape index (κ2) is 6.62. The van der Waals surface area contributed by atoms with Crippen LogP contribution in [0.5, 0.6) is 17.2 Å². The third-order valence-electron chi connectivity index (χ3n) is 2.16. The van der Waals surface area contributed by atoms with Crippen LogP contribution < -0.4 is 14.2 Å². The Hall–Kier alpha value is -1.91. The normalized spacial score (nSPS) is 9.59. The summed E-state index contributed by atoms with van der Waals surface area (Å²) in [5, 5.41) is 0. The topological polar surface area (TPSA) is 54.0 Å². The zero-order valence-corrected chi connectivity index (χ0v) is 10.2. The smallest absolute Gasteiger partial charge is 0.308 e. The number of rotatable bonds is 6. The van der Waals surface area contributed by atoms with Gasteiger partial charge in [0.25, 0.3) is 0 Å². The Labute approximate surface area is 100 Å². The quantitative estimate of drug-likeness (QED) is 0.707. The van der Waals surface area contributed by atoms with Gasteiger partial charge in [-0.3, -0.25) is 4.79 Å². The molecule has 0 aliphatic carbocycles. The molecule has 0 saturated heterocycles. The van der Waals surface area contributed by atoms with E-state index in [2.05, 4.69) is 4.74 Å². The highest BCUT2D eigenvalue weighted by Crippen LogP contribution is 2.36. The molecule has 1 aromatic rings. The van der Waals surface area contributed by atoms with E-state index in [1.165, 1.54) is 7.11 Å². The van der Waals surface area contributed by atoms with E-state index in [1.807, 2.05) is 0 Å². The number of esters is 1. The Morgan fingerprint density at radius 1 is 1.12 bits per heavy atom. The molecule has 0 aromatic heterocycles. The van der Waals surface area contributed by atoms with Crippen LogP contribution in [0.25, 0.3) is 0 Å². The Morgan fingerprint density at radius 2 is 1.71 bits per heavy atom. The molecule has 0 atom stereocenters. The Morgan fingerprint density at radius 3 is 2.18 bits per heavy atom. The van der Waals surface area contributed by atoms with Crippen LogP contribution in [0.2, 0.25) is 0 Å². The Bertz CT molecular complexity index is 353. The van der Waals surface area contributed by atoms with Crippen molar-refractivity contribution in [3.63, 3.8) is 0 Å². The van der Waals surface area contributed by atoms with Crippen molar-refractivity contribution >= 4 is 5.97 Å². The average Bonchev–Trinajstić information content (AvgIpc) is 2.38. The van der Waals surface area contributed by atoms with Gasteiger partial charge in [-0.15, -0.1) is 0 Å². The lowest BCUT2D eigenvalue weighted by molar-refractivity contribution is -0.141. The van der Waals surface area contributed by atoms with E-state index in [1.54, 1.807) is 32.4 Å². The number of ether oxygens (including phenoxy) is 4. The van der Waals surface area contributed by atoms with Crippen molar-refractivity contribution in [1.29, 1.82) is 0 Å². The van der Waals surface area contributed by atoms with E-state index in [0.717, 1.165) is 0 Å². The minimum Gasteiger partial charge on any atom is -0.493 e. The van der Waals surface area contributed by atoms with Gasteiger partial charge in [-0.1, -0.05) is 6.07 Å². The van der Waals surface area contributed by atoms with Gasteiger partial charge in [0.2, 0.25) is 5.75 Å². The first-order valence-electron chi connectivity index (χ1n) is 5.13. The summed E-state index contributed by atoms with van der Waals surface area (Å²) < 4.78 is 20.3. The van der Waals surface area contributed by atoms with Crippen molar-refractivity contribution in [2.45, 2.75) is 6.42 Å². The lowest BCUT2D eigenvalue weighted by Gasteiger charge is -2.13. The highest BCUT2D eigenvalue weighted by molar-refractivity contribution is 5.69. The van der Waals surface area contributed by atoms with Crippen LogP contribution in [-0.2, 0) is 9.53 Å². The molecule has 94 valence electrons.